The molecule has 0 bridgehead atoms. The van der Waals surface area contributed by atoms with Crippen LogP contribution in [0.25, 0.3) is 11.0 Å². The van der Waals surface area contributed by atoms with Crippen LogP contribution in [0.2, 0.25) is 0 Å². The SMILES string of the molecule is C[C@H]1CC[C@@H](C[C@H](C)n2c(=O)c(C(=O)O)nc3ccccc32)N1C1CCCCCCCC1. The number of rotatable bonds is 5. The molecule has 1 aliphatic carbocycles. The van der Waals surface area contributed by atoms with Crippen molar-refractivity contribution in [3.8, 4) is 0 Å². The fourth-order valence-electron chi connectivity index (χ4n) is 6.13. The smallest absolute Gasteiger partial charge is 0.360 e. The lowest BCUT2D eigenvalue weighted by molar-refractivity contribution is 0.0687. The topological polar surface area (TPSA) is 75.4 Å². The Morgan fingerprint density at radius 2 is 1.72 bits per heavy atom. The van der Waals surface area contributed by atoms with Gasteiger partial charge in [0.15, 0.2) is 0 Å². The lowest BCUT2D eigenvalue weighted by atomic mass is 9.99. The van der Waals surface area contributed by atoms with Crippen LogP contribution in [0, 0.1) is 0 Å². The van der Waals surface area contributed by atoms with Crippen molar-refractivity contribution in [2.45, 2.75) is 109 Å². The average molecular weight is 440 g/mol. The van der Waals surface area contributed by atoms with Gasteiger partial charge in [0.1, 0.15) is 0 Å². The van der Waals surface area contributed by atoms with Gasteiger partial charge < -0.3 is 9.67 Å². The van der Waals surface area contributed by atoms with E-state index in [0.717, 1.165) is 18.4 Å². The van der Waals surface area contributed by atoms with Gasteiger partial charge >= 0.3 is 5.97 Å². The minimum atomic E-state index is -1.26. The Labute approximate surface area is 190 Å². The predicted molar refractivity (Wildman–Crippen MR) is 127 cm³/mol. The Balaban J connectivity index is 1.62. The first-order chi connectivity index (χ1) is 15.5. The number of hydrogen-bond acceptors (Lipinski definition) is 4. The molecule has 1 N–H and O–H groups in total. The molecule has 3 atom stereocenters. The number of nitrogens with zero attached hydrogens (tertiary/aromatic N) is 3. The van der Waals surface area contributed by atoms with Crippen LogP contribution in [0.5, 0.6) is 0 Å². The number of benzene rings is 1. The van der Waals surface area contributed by atoms with Gasteiger partial charge in [-0.1, -0.05) is 50.7 Å². The maximum absolute atomic E-state index is 13.1. The molecule has 1 saturated heterocycles. The summed E-state index contributed by atoms with van der Waals surface area (Å²) in [5.41, 5.74) is 0.395. The van der Waals surface area contributed by atoms with E-state index in [4.69, 9.17) is 0 Å². The second-order valence-electron chi connectivity index (χ2n) is 9.89. The van der Waals surface area contributed by atoms with E-state index in [2.05, 4.69) is 23.7 Å². The molecule has 1 saturated carbocycles. The van der Waals surface area contributed by atoms with Crippen molar-refractivity contribution < 1.29 is 9.90 Å². The molecule has 4 rings (SSSR count). The van der Waals surface area contributed by atoms with Gasteiger partial charge in [-0.2, -0.15) is 0 Å². The average Bonchev–Trinajstić information content (AvgIpc) is 3.18. The monoisotopic (exact) mass is 439 g/mol. The van der Waals surface area contributed by atoms with E-state index in [0.29, 0.717) is 23.6 Å². The van der Waals surface area contributed by atoms with Crippen molar-refractivity contribution in [1.82, 2.24) is 14.5 Å². The molecule has 1 aromatic carbocycles. The summed E-state index contributed by atoms with van der Waals surface area (Å²) in [6.07, 6.45) is 13.8. The molecule has 0 spiro atoms. The van der Waals surface area contributed by atoms with Crippen LogP contribution in [0.1, 0.15) is 101 Å². The van der Waals surface area contributed by atoms with E-state index in [-0.39, 0.29) is 11.7 Å². The number of hydrogen-bond donors (Lipinski definition) is 1. The van der Waals surface area contributed by atoms with Crippen molar-refractivity contribution in [2.24, 2.45) is 0 Å². The van der Waals surface area contributed by atoms with Gasteiger partial charge in [0, 0.05) is 24.2 Å². The van der Waals surface area contributed by atoms with Gasteiger partial charge in [0.25, 0.3) is 5.56 Å². The Morgan fingerprint density at radius 3 is 2.41 bits per heavy atom. The van der Waals surface area contributed by atoms with Gasteiger partial charge in [-0.05, 0) is 58.1 Å². The third-order valence-corrected chi connectivity index (χ3v) is 7.65. The third-order valence-electron chi connectivity index (χ3n) is 7.65. The Morgan fingerprint density at radius 1 is 1.06 bits per heavy atom. The minimum absolute atomic E-state index is 0.0948. The zero-order valence-electron chi connectivity index (χ0n) is 19.5. The molecule has 0 radical (unpaired) electrons. The highest BCUT2D eigenvalue weighted by Gasteiger charge is 2.36. The van der Waals surface area contributed by atoms with Gasteiger partial charge in [-0.25, -0.2) is 9.78 Å². The molecule has 174 valence electrons. The predicted octanol–water partition coefficient (Wildman–Crippen LogP) is 5.40. The van der Waals surface area contributed by atoms with Crippen LogP contribution in [0.4, 0.5) is 0 Å². The van der Waals surface area contributed by atoms with Gasteiger partial charge in [-0.3, -0.25) is 9.69 Å². The molecule has 0 amide bonds. The lowest BCUT2D eigenvalue weighted by Crippen LogP contribution is -2.44. The Bertz CT molecular complexity index is 991. The van der Waals surface area contributed by atoms with Gasteiger partial charge in [0.2, 0.25) is 5.69 Å². The van der Waals surface area contributed by atoms with Crippen molar-refractivity contribution >= 4 is 17.0 Å². The summed E-state index contributed by atoms with van der Waals surface area (Å²) in [5.74, 6) is -1.26. The van der Waals surface area contributed by atoms with Crippen molar-refractivity contribution in [1.29, 1.82) is 0 Å². The van der Waals surface area contributed by atoms with E-state index in [9.17, 15) is 14.7 Å². The first-order valence-corrected chi connectivity index (χ1v) is 12.5. The molecule has 1 aliphatic heterocycles. The van der Waals surface area contributed by atoms with Crippen molar-refractivity contribution in [2.75, 3.05) is 0 Å². The molecular weight excluding hydrogens is 402 g/mol. The number of fused-ring (bicyclic) bond motifs is 1. The number of carboxylic acid groups (broad SMARTS) is 1. The highest BCUT2D eigenvalue weighted by atomic mass is 16.4. The molecule has 2 heterocycles. The second-order valence-corrected chi connectivity index (χ2v) is 9.89. The summed E-state index contributed by atoms with van der Waals surface area (Å²) in [7, 11) is 0. The number of aromatic carboxylic acids is 1. The van der Waals surface area contributed by atoms with Gasteiger partial charge in [-0.15, -0.1) is 0 Å². The summed E-state index contributed by atoms with van der Waals surface area (Å²) in [6, 6.07) is 8.90. The largest absolute Gasteiger partial charge is 0.476 e. The molecule has 2 aromatic rings. The Hall–Kier alpha value is -2.21. The molecule has 1 aromatic heterocycles. The molecule has 2 fully saturated rings. The number of carboxylic acids is 1. The molecule has 0 unspecified atom stereocenters. The number of aromatic nitrogens is 2. The Kier molecular flexibility index (Phi) is 7.29. The normalized spacial score (nSPS) is 24.7. The third kappa shape index (κ3) is 4.75. The number of carbonyl (C=O) groups is 1. The van der Waals surface area contributed by atoms with E-state index in [1.807, 2.05) is 18.2 Å². The first-order valence-electron chi connectivity index (χ1n) is 12.5. The number of likely N-dealkylation sites (tertiary alicyclic amines) is 1. The van der Waals surface area contributed by atoms with Crippen LogP contribution in [0.3, 0.4) is 0 Å². The van der Waals surface area contributed by atoms with Crippen molar-refractivity contribution in [3.63, 3.8) is 0 Å². The van der Waals surface area contributed by atoms with Crippen LogP contribution in [-0.4, -0.2) is 43.7 Å². The van der Waals surface area contributed by atoms with E-state index >= 15 is 0 Å². The summed E-state index contributed by atoms with van der Waals surface area (Å²) in [6.45, 7) is 4.41. The fraction of sp³-hybridized carbons (Fsp3) is 0.654. The summed E-state index contributed by atoms with van der Waals surface area (Å²) in [5, 5.41) is 9.55. The summed E-state index contributed by atoms with van der Waals surface area (Å²) >= 11 is 0. The van der Waals surface area contributed by atoms with Crippen LogP contribution < -0.4 is 5.56 Å². The lowest BCUT2D eigenvalue weighted by Gasteiger charge is -2.38. The number of para-hydroxylation sites is 2. The molecule has 2 aliphatic rings. The molecule has 6 nitrogen and oxygen atoms in total. The fourth-order valence-corrected chi connectivity index (χ4v) is 6.13. The van der Waals surface area contributed by atoms with Gasteiger partial charge in [0.05, 0.1) is 11.0 Å². The van der Waals surface area contributed by atoms with Crippen LogP contribution in [0.15, 0.2) is 29.1 Å². The molecular formula is C26H37N3O3. The maximum atomic E-state index is 13.1. The van der Waals surface area contributed by atoms with E-state index < -0.39 is 11.5 Å². The van der Waals surface area contributed by atoms with E-state index in [1.165, 1.54) is 57.8 Å². The van der Waals surface area contributed by atoms with Crippen LogP contribution >= 0.6 is 0 Å². The minimum Gasteiger partial charge on any atom is -0.476 e. The van der Waals surface area contributed by atoms with E-state index in [1.54, 1.807) is 10.6 Å². The van der Waals surface area contributed by atoms with Crippen molar-refractivity contribution in [3.05, 3.63) is 40.3 Å². The molecule has 32 heavy (non-hydrogen) atoms. The highest BCUT2D eigenvalue weighted by molar-refractivity contribution is 5.88. The summed E-state index contributed by atoms with van der Waals surface area (Å²) in [4.78, 5) is 31.7. The summed E-state index contributed by atoms with van der Waals surface area (Å²) < 4.78 is 1.68. The molecule has 6 heteroatoms. The first kappa shape index (κ1) is 23.0. The quantitative estimate of drug-likeness (QED) is 0.675. The standard InChI is InChI=1S/C26H37N3O3/c1-18-15-16-21(28(18)20-11-7-5-3-4-6-8-12-20)17-19(2)29-23-14-10-9-13-22(23)27-24(25(29)30)26(31)32/h9-10,13-14,18-21H,3-8,11-12,15-17H2,1-2H3,(H,31,32)/t18-,19-,21-/m0/s1. The van der Waals surface area contributed by atoms with Crippen LogP contribution in [-0.2, 0) is 0 Å². The second kappa shape index (κ2) is 10.2. The zero-order chi connectivity index (χ0) is 22.7. The highest BCUT2D eigenvalue weighted by Crippen LogP contribution is 2.35. The maximum Gasteiger partial charge on any atom is 0.360 e. The zero-order valence-corrected chi connectivity index (χ0v) is 19.5.